The molecule has 0 bridgehead atoms. The standard InChI is InChI=1S/C9H15F3N2O/c1-13(2)8(15)14-6-4-3-5-7(14)9(10,11)12/h7H,3-6H2,1-2H3. The number of hydrogen-bond donors (Lipinski definition) is 0. The molecule has 1 rings (SSSR count). The molecule has 0 saturated carbocycles. The monoisotopic (exact) mass is 224 g/mol. The first-order chi connectivity index (χ1) is 6.84. The van der Waals surface area contributed by atoms with E-state index in [-0.39, 0.29) is 13.0 Å². The molecule has 0 aromatic rings. The third kappa shape index (κ3) is 2.76. The lowest BCUT2D eigenvalue weighted by atomic mass is 10.0. The van der Waals surface area contributed by atoms with Crippen LogP contribution in [-0.4, -0.2) is 48.7 Å². The minimum absolute atomic E-state index is 0.0169. The number of piperidine rings is 1. The fourth-order valence-electron chi connectivity index (χ4n) is 1.76. The van der Waals surface area contributed by atoms with Gasteiger partial charge < -0.3 is 9.80 Å². The van der Waals surface area contributed by atoms with E-state index in [2.05, 4.69) is 0 Å². The fraction of sp³-hybridized carbons (Fsp3) is 0.889. The molecule has 88 valence electrons. The molecule has 3 nitrogen and oxygen atoms in total. The number of nitrogens with zero attached hydrogens (tertiary/aromatic N) is 2. The number of likely N-dealkylation sites (tertiary alicyclic amines) is 1. The van der Waals surface area contributed by atoms with Crippen molar-refractivity contribution < 1.29 is 18.0 Å². The van der Waals surface area contributed by atoms with Crippen LogP contribution in [0.2, 0.25) is 0 Å². The molecule has 1 aliphatic rings. The highest BCUT2D eigenvalue weighted by atomic mass is 19.4. The van der Waals surface area contributed by atoms with E-state index in [1.165, 1.54) is 19.0 Å². The molecule has 0 N–H and O–H groups in total. The second-order valence-electron chi connectivity index (χ2n) is 3.92. The Morgan fingerprint density at radius 3 is 2.40 bits per heavy atom. The molecule has 1 saturated heterocycles. The third-order valence-electron chi connectivity index (χ3n) is 2.51. The zero-order chi connectivity index (χ0) is 11.6. The largest absolute Gasteiger partial charge is 0.408 e. The highest BCUT2D eigenvalue weighted by Crippen LogP contribution is 2.32. The van der Waals surface area contributed by atoms with Crippen LogP contribution in [-0.2, 0) is 0 Å². The first-order valence-corrected chi connectivity index (χ1v) is 4.88. The van der Waals surface area contributed by atoms with Crippen molar-refractivity contribution in [3.63, 3.8) is 0 Å². The van der Waals surface area contributed by atoms with E-state index in [0.29, 0.717) is 12.8 Å². The Balaban J connectivity index is 2.79. The van der Waals surface area contributed by atoms with Gasteiger partial charge in [0.05, 0.1) is 0 Å². The van der Waals surface area contributed by atoms with Gasteiger partial charge in [0.25, 0.3) is 0 Å². The van der Waals surface area contributed by atoms with Gasteiger partial charge in [0, 0.05) is 20.6 Å². The second-order valence-corrected chi connectivity index (χ2v) is 3.92. The van der Waals surface area contributed by atoms with Crippen LogP contribution in [0.25, 0.3) is 0 Å². The van der Waals surface area contributed by atoms with Crippen LogP contribution in [0.3, 0.4) is 0 Å². The van der Waals surface area contributed by atoms with Crippen molar-refractivity contribution in [3.8, 4) is 0 Å². The molecule has 1 unspecified atom stereocenters. The number of halogens is 3. The van der Waals surface area contributed by atoms with Crippen molar-refractivity contribution in [1.82, 2.24) is 9.80 Å². The molecule has 0 spiro atoms. The number of carbonyl (C=O) groups excluding carboxylic acids is 1. The first kappa shape index (κ1) is 12.1. The average molecular weight is 224 g/mol. The van der Waals surface area contributed by atoms with Crippen molar-refractivity contribution in [2.75, 3.05) is 20.6 Å². The molecule has 1 fully saturated rings. The maximum Gasteiger partial charge on any atom is 0.408 e. The van der Waals surface area contributed by atoms with Gasteiger partial charge in [-0.05, 0) is 19.3 Å². The summed E-state index contributed by atoms with van der Waals surface area (Å²) in [6.07, 6.45) is -3.12. The predicted molar refractivity (Wildman–Crippen MR) is 49.5 cm³/mol. The lowest BCUT2D eigenvalue weighted by Crippen LogP contribution is -2.54. The molecule has 0 aromatic carbocycles. The highest BCUT2D eigenvalue weighted by molar-refractivity contribution is 5.74. The number of amides is 2. The van der Waals surface area contributed by atoms with E-state index in [0.717, 1.165) is 4.90 Å². The number of carbonyl (C=O) groups is 1. The van der Waals surface area contributed by atoms with E-state index in [1.54, 1.807) is 0 Å². The summed E-state index contributed by atoms with van der Waals surface area (Å²) < 4.78 is 37.8. The number of urea groups is 1. The maximum atomic E-state index is 12.6. The Morgan fingerprint density at radius 2 is 1.93 bits per heavy atom. The summed E-state index contributed by atoms with van der Waals surface area (Å²) in [6, 6.07) is -2.17. The number of rotatable bonds is 0. The van der Waals surface area contributed by atoms with Crippen molar-refractivity contribution in [3.05, 3.63) is 0 Å². The molecule has 15 heavy (non-hydrogen) atoms. The molecule has 1 aliphatic heterocycles. The van der Waals surface area contributed by atoms with Gasteiger partial charge in [-0.2, -0.15) is 13.2 Å². The molecule has 0 aliphatic carbocycles. The van der Waals surface area contributed by atoms with Crippen LogP contribution in [0.1, 0.15) is 19.3 Å². The third-order valence-corrected chi connectivity index (χ3v) is 2.51. The summed E-state index contributed by atoms with van der Waals surface area (Å²) in [7, 11) is 2.93. The van der Waals surface area contributed by atoms with Gasteiger partial charge in [-0.1, -0.05) is 0 Å². The number of alkyl halides is 3. The van der Waals surface area contributed by atoms with E-state index in [4.69, 9.17) is 0 Å². The molecule has 0 aromatic heterocycles. The SMILES string of the molecule is CN(C)C(=O)N1CCCCC1C(F)(F)F. The normalized spacial score (nSPS) is 22.7. The summed E-state index contributed by atoms with van der Waals surface area (Å²) in [5, 5.41) is 0. The van der Waals surface area contributed by atoms with E-state index >= 15 is 0 Å². The Bertz CT molecular complexity index is 240. The summed E-state index contributed by atoms with van der Waals surface area (Å²) in [5.41, 5.74) is 0. The molecular weight excluding hydrogens is 209 g/mol. The molecule has 6 heteroatoms. The summed E-state index contributed by atoms with van der Waals surface area (Å²) >= 11 is 0. The summed E-state index contributed by atoms with van der Waals surface area (Å²) in [5.74, 6) is 0. The molecule has 2 amide bonds. The number of hydrogen-bond acceptors (Lipinski definition) is 1. The summed E-state index contributed by atoms with van der Waals surface area (Å²) in [6.45, 7) is 0.196. The smallest absolute Gasteiger partial charge is 0.331 e. The van der Waals surface area contributed by atoms with Crippen LogP contribution >= 0.6 is 0 Å². The highest BCUT2D eigenvalue weighted by Gasteiger charge is 2.46. The van der Waals surface area contributed by atoms with Crippen molar-refractivity contribution >= 4 is 6.03 Å². The van der Waals surface area contributed by atoms with Gasteiger partial charge >= 0.3 is 12.2 Å². The van der Waals surface area contributed by atoms with Crippen molar-refractivity contribution in [2.24, 2.45) is 0 Å². The molecule has 1 atom stereocenters. The zero-order valence-electron chi connectivity index (χ0n) is 8.84. The van der Waals surface area contributed by atoms with Gasteiger partial charge in [-0.15, -0.1) is 0 Å². The van der Waals surface area contributed by atoms with Gasteiger partial charge in [-0.25, -0.2) is 4.79 Å². The minimum atomic E-state index is -4.31. The van der Waals surface area contributed by atoms with Crippen LogP contribution in [0.5, 0.6) is 0 Å². The van der Waals surface area contributed by atoms with E-state index < -0.39 is 18.2 Å². The first-order valence-electron chi connectivity index (χ1n) is 4.88. The Kier molecular flexibility index (Phi) is 3.46. The molecule has 1 heterocycles. The second kappa shape index (κ2) is 4.28. The predicted octanol–water partition coefficient (Wildman–Crippen LogP) is 2.08. The van der Waals surface area contributed by atoms with Crippen LogP contribution < -0.4 is 0 Å². The van der Waals surface area contributed by atoms with E-state index in [1.807, 2.05) is 0 Å². The van der Waals surface area contributed by atoms with Gasteiger partial charge in [0.1, 0.15) is 6.04 Å². The summed E-state index contributed by atoms with van der Waals surface area (Å²) in [4.78, 5) is 13.6. The van der Waals surface area contributed by atoms with Gasteiger partial charge in [0.15, 0.2) is 0 Å². The molecular formula is C9H15F3N2O. The Morgan fingerprint density at radius 1 is 1.33 bits per heavy atom. The average Bonchev–Trinajstić information content (AvgIpc) is 2.15. The molecule has 0 radical (unpaired) electrons. The van der Waals surface area contributed by atoms with E-state index in [9.17, 15) is 18.0 Å². The maximum absolute atomic E-state index is 12.6. The van der Waals surface area contributed by atoms with Crippen molar-refractivity contribution in [2.45, 2.75) is 31.5 Å². The van der Waals surface area contributed by atoms with Crippen molar-refractivity contribution in [1.29, 1.82) is 0 Å². The Hall–Kier alpha value is -0.940. The lowest BCUT2D eigenvalue weighted by molar-refractivity contribution is -0.183. The van der Waals surface area contributed by atoms with Crippen LogP contribution in [0.15, 0.2) is 0 Å². The lowest BCUT2D eigenvalue weighted by Gasteiger charge is -2.38. The van der Waals surface area contributed by atoms with Crippen LogP contribution in [0.4, 0.5) is 18.0 Å². The fourth-order valence-corrected chi connectivity index (χ4v) is 1.76. The van der Waals surface area contributed by atoms with Crippen LogP contribution in [0, 0.1) is 0 Å². The van der Waals surface area contributed by atoms with Gasteiger partial charge in [0.2, 0.25) is 0 Å². The Labute approximate surface area is 86.8 Å². The zero-order valence-corrected chi connectivity index (χ0v) is 8.84. The minimum Gasteiger partial charge on any atom is -0.331 e. The van der Waals surface area contributed by atoms with Gasteiger partial charge in [-0.3, -0.25) is 0 Å². The topological polar surface area (TPSA) is 23.6 Å². The quantitative estimate of drug-likeness (QED) is 0.618.